The molecule has 0 saturated heterocycles. The maximum Gasteiger partial charge on any atom is 0.195 e. The van der Waals surface area contributed by atoms with Gasteiger partial charge in [-0.3, -0.25) is 4.79 Å². The summed E-state index contributed by atoms with van der Waals surface area (Å²) < 4.78 is 0.0867. The van der Waals surface area contributed by atoms with E-state index in [1.807, 2.05) is 17.5 Å². The maximum absolute atomic E-state index is 12.0. The van der Waals surface area contributed by atoms with E-state index in [4.69, 9.17) is 0 Å². The fourth-order valence-electron chi connectivity index (χ4n) is 1.04. The third-order valence-electron chi connectivity index (χ3n) is 1.61. The Labute approximate surface area is 97.7 Å². The van der Waals surface area contributed by atoms with Gasteiger partial charge in [0.2, 0.25) is 0 Å². The molecule has 1 aromatic heterocycles. The molecule has 0 atom stereocenters. The number of rotatable bonds is 6. The first kappa shape index (κ1) is 12.1. The summed E-state index contributed by atoms with van der Waals surface area (Å²) in [6, 6.07) is 3.84. The van der Waals surface area contributed by atoms with E-state index < -0.39 is 0 Å². The second-order valence-corrected chi connectivity index (χ2v) is 6.59. The van der Waals surface area contributed by atoms with Gasteiger partial charge in [-0.1, -0.05) is 19.9 Å². The molecule has 0 N–H and O–H groups in total. The van der Waals surface area contributed by atoms with Crippen molar-refractivity contribution in [2.45, 2.75) is 18.4 Å². The van der Waals surface area contributed by atoms with E-state index in [0.29, 0.717) is 0 Å². The largest absolute Gasteiger partial charge is 0.291 e. The van der Waals surface area contributed by atoms with Crippen molar-refractivity contribution in [1.82, 2.24) is 0 Å². The van der Waals surface area contributed by atoms with E-state index in [1.54, 1.807) is 23.5 Å². The fourth-order valence-corrected chi connectivity index (χ4v) is 4.24. The summed E-state index contributed by atoms with van der Waals surface area (Å²) in [5, 5.41) is 1.96. The molecule has 0 fully saturated rings. The second-order valence-electron chi connectivity index (χ2n) is 2.58. The van der Waals surface area contributed by atoms with Crippen LogP contribution in [0.4, 0.5) is 0 Å². The molecule has 0 spiro atoms. The Morgan fingerprint density at radius 1 is 1.43 bits per heavy atom. The van der Waals surface area contributed by atoms with Crippen LogP contribution in [-0.4, -0.2) is 21.9 Å². The monoisotopic (exact) mass is 246 g/mol. The number of ketones is 1. The molecule has 78 valence electrons. The van der Waals surface area contributed by atoms with Gasteiger partial charge < -0.3 is 0 Å². The molecule has 1 nitrogen and oxygen atoms in total. The molecule has 14 heavy (non-hydrogen) atoms. The van der Waals surface area contributed by atoms with Crippen molar-refractivity contribution in [3.8, 4) is 0 Å². The van der Waals surface area contributed by atoms with Crippen LogP contribution >= 0.6 is 34.9 Å². The van der Waals surface area contributed by atoms with Crippen molar-refractivity contribution in [1.29, 1.82) is 0 Å². The zero-order valence-electron chi connectivity index (χ0n) is 8.36. The molecule has 1 heterocycles. The van der Waals surface area contributed by atoms with E-state index in [2.05, 4.69) is 13.8 Å². The molecule has 1 rings (SSSR count). The molecule has 0 radical (unpaired) electrons. The third kappa shape index (κ3) is 3.33. The van der Waals surface area contributed by atoms with Gasteiger partial charge in [0.05, 0.1) is 4.88 Å². The standard InChI is InChI=1S/C10H14OS3/c1-3-12-10(13-4-2)9(11)8-6-5-7-14-8/h5-7,10H,3-4H2,1-2H3. The molecule has 0 amide bonds. The smallest absolute Gasteiger partial charge is 0.195 e. The van der Waals surface area contributed by atoms with Crippen LogP contribution in [0, 0.1) is 0 Å². The highest BCUT2D eigenvalue weighted by atomic mass is 32.2. The van der Waals surface area contributed by atoms with Gasteiger partial charge in [0.1, 0.15) is 4.58 Å². The molecular weight excluding hydrogens is 232 g/mol. The van der Waals surface area contributed by atoms with Gasteiger partial charge in [-0.2, -0.15) is 0 Å². The molecular formula is C10H14OS3. The summed E-state index contributed by atoms with van der Waals surface area (Å²) in [5.41, 5.74) is 0. The number of hydrogen-bond donors (Lipinski definition) is 0. The molecule has 0 saturated carbocycles. The van der Waals surface area contributed by atoms with Gasteiger partial charge in [0, 0.05) is 0 Å². The average molecular weight is 246 g/mol. The predicted molar refractivity (Wildman–Crippen MR) is 68.7 cm³/mol. The average Bonchev–Trinajstić information content (AvgIpc) is 2.69. The number of thiophene rings is 1. The molecule has 0 aliphatic heterocycles. The Balaban J connectivity index is 2.63. The second kappa shape index (κ2) is 6.53. The van der Waals surface area contributed by atoms with E-state index in [1.165, 1.54) is 11.3 Å². The zero-order chi connectivity index (χ0) is 10.4. The number of Topliss-reactive ketones (excluding diaryl/α,β-unsaturated/α-hetero) is 1. The fraction of sp³-hybridized carbons (Fsp3) is 0.500. The lowest BCUT2D eigenvalue weighted by Gasteiger charge is -2.11. The van der Waals surface area contributed by atoms with Gasteiger partial charge >= 0.3 is 0 Å². The topological polar surface area (TPSA) is 17.1 Å². The minimum atomic E-state index is 0.0867. The summed E-state index contributed by atoms with van der Waals surface area (Å²) in [6.07, 6.45) is 0. The highest BCUT2D eigenvalue weighted by molar-refractivity contribution is 8.18. The molecule has 1 aromatic rings. The lowest BCUT2D eigenvalue weighted by Crippen LogP contribution is -2.13. The Morgan fingerprint density at radius 3 is 2.50 bits per heavy atom. The van der Waals surface area contributed by atoms with Gasteiger partial charge in [-0.15, -0.1) is 34.9 Å². The van der Waals surface area contributed by atoms with Crippen molar-refractivity contribution >= 4 is 40.6 Å². The van der Waals surface area contributed by atoms with Crippen molar-refractivity contribution in [2.75, 3.05) is 11.5 Å². The number of carbonyl (C=O) groups excluding carboxylic acids is 1. The van der Waals surface area contributed by atoms with Crippen molar-refractivity contribution in [2.24, 2.45) is 0 Å². The maximum atomic E-state index is 12.0. The first-order chi connectivity index (χ1) is 6.79. The van der Waals surface area contributed by atoms with Crippen molar-refractivity contribution < 1.29 is 4.79 Å². The highest BCUT2D eigenvalue weighted by Crippen LogP contribution is 2.28. The Bertz CT molecular complexity index is 263. The molecule has 0 aromatic carbocycles. The van der Waals surface area contributed by atoms with E-state index in [9.17, 15) is 4.79 Å². The van der Waals surface area contributed by atoms with Gasteiger partial charge in [0.15, 0.2) is 5.78 Å². The lowest BCUT2D eigenvalue weighted by atomic mass is 10.3. The van der Waals surface area contributed by atoms with Crippen molar-refractivity contribution in [3.05, 3.63) is 22.4 Å². The normalized spacial score (nSPS) is 10.8. The van der Waals surface area contributed by atoms with E-state index >= 15 is 0 Å². The quantitative estimate of drug-likeness (QED) is 0.562. The first-order valence-electron chi connectivity index (χ1n) is 4.60. The van der Waals surface area contributed by atoms with Crippen LogP contribution in [0.5, 0.6) is 0 Å². The Kier molecular flexibility index (Phi) is 5.67. The summed E-state index contributed by atoms with van der Waals surface area (Å²) in [4.78, 5) is 12.8. The van der Waals surface area contributed by atoms with E-state index in [0.717, 1.165) is 16.4 Å². The van der Waals surface area contributed by atoms with E-state index in [-0.39, 0.29) is 10.4 Å². The lowest BCUT2D eigenvalue weighted by molar-refractivity contribution is 0.101. The van der Waals surface area contributed by atoms with Crippen LogP contribution in [0.2, 0.25) is 0 Å². The molecule has 0 aliphatic carbocycles. The van der Waals surface area contributed by atoms with Crippen LogP contribution < -0.4 is 0 Å². The zero-order valence-corrected chi connectivity index (χ0v) is 10.8. The Hall–Kier alpha value is 0.0700. The summed E-state index contributed by atoms with van der Waals surface area (Å²) >= 11 is 4.99. The molecule has 0 aliphatic rings. The Morgan fingerprint density at radius 2 is 2.07 bits per heavy atom. The number of hydrogen-bond acceptors (Lipinski definition) is 4. The predicted octanol–water partition coefficient (Wildman–Crippen LogP) is 3.76. The van der Waals surface area contributed by atoms with Crippen molar-refractivity contribution in [3.63, 3.8) is 0 Å². The van der Waals surface area contributed by atoms with Gasteiger partial charge in [-0.05, 0) is 23.0 Å². The van der Waals surface area contributed by atoms with Crippen LogP contribution in [-0.2, 0) is 0 Å². The molecule has 0 unspecified atom stereocenters. The summed E-state index contributed by atoms with van der Waals surface area (Å²) in [6.45, 7) is 4.19. The SMILES string of the molecule is CCSC(SCC)C(=O)c1cccs1. The minimum absolute atomic E-state index is 0.0867. The molecule has 4 heteroatoms. The van der Waals surface area contributed by atoms with Gasteiger partial charge in [-0.25, -0.2) is 0 Å². The molecule has 0 bridgehead atoms. The van der Waals surface area contributed by atoms with Crippen LogP contribution in [0.3, 0.4) is 0 Å². The van der Waals surface area contributed by atoms with Crippen LogP contribution in [0.15, 0.2) is 17.5 Å². The first-order valence-corrected chi connectivity index (χ1v) is 7.58. The van der Waals surface area contributed by atoms with Gasteiger partial charge in [0.25, 0.3) is 0 Å². The summed E-state index contributed by atoms with van der Waals surface area (Å²) in [7, 11) is 0. The van der Waals surface area contributed by atoms with Crippen LogP contribution in [0.1, 0.15) is 23.5 Å². The number of carbonyl (C=O) groups is 1. The summed E-state index contributed by atoms with van der Waals surface area (Å²) in [5.74, 6) is 2.27. The third-order valence-corrected chi connectivity index (χ3v) is 5.02. The van der Waals surface area contributed by atoms with Crippen LogP contribution in [0.25, 0.3) is 0 Å². The minimum Gasteiger partial charge on any atom is -0.291 e. The highest BCUT2D eigenvalue weighted by Gasteiger charge is 2.20. The number of thioether (sulfide) groups is 2.